The first-order valence-corrected chi connectivity index (χ1v) is 9.67. The number of methoxy groups -OCH3 is 1. The summed E-state index contributed by atoms with van der Waals surface area (Å²) in [6.45, 7) is -0.432. The van der Waals surface area contributed by atoms with Gasteiger partial charge in [-0.3, -0.25) is 19.7 Å². The average molecular weight is 456 g/mol. The van der Waals surface area contributed by atoms with Gasteiger partial charge in [-0.1, -0.05) is 35.9 Å². The summed E-state index contributed by atoms with van der Waals surface area (Å²) in [4.78, 5) is 35.1. The van der Waals surface area contributed by atoms with E-state index in [9.17, 15) is 19.7 Å². The summed E-state index contributed by atoms with van der Waals surface area (Å²) in [5.74, 6) is -0.646. The third kappa shape index (κ3) is 5.52. The molecule has 0 fully saturated rings. The highest BCUT2D eigenvalue weighted by molar-refractivity contribution is 6.34. The van der Waals surface area contributed by atoms with E-state index in [-0.39, 0.29) is 11.4 Å². The lowest BCUT2D eigenvalue weighted by Gasteiger charge is -2.13. The number of amides is 2. The molecule has 9 nitrogen and oxygen atoms in total. The minimum atomic E-state index is -0.590. The van der Waals surface area contributed by atoms with E-state index in [0.717, 1.165) is 0 Å². The number of para-hydroxylation sites is 2. The molecule has 0 bridgehead atoms. The fourth-order valence-corrected chi connectivity index (χ4v) is 3.00. The second-order valence-corrected chi connectivity index (χ2v) is 6.82. The first-order chi connectivity index (χ1) is 15.4. The van der Waals surface area contributed by atoms with Crippen LogP contribution in [-0.4, -0.2) is 30.5 Å². The number of anilines is 2. The number of carbonyl (C=O) groups is 2. The fourth-order valence-electron chi connectivity index (χ4n) is 2.78. The molecule has 0 saturated carbocycles. The van der Waals surface area contributed by atoms with Gasteiger partial charge < -0.3 is 20.1 Å². The van der Waals surface area contributed by atoms with Gasteiger partial charge in [-0.15, -0.1) is 0 Å². The maximum atomic E-state index is 12.5. The van der Waals surface area contributed by atoms with Crippen LogP contribution in [0.15, 0.2) is 66.7 Å². The van der Waals surface area contributed by atoms with Crippen LogP contribution in [0.5, 0.6) is 11.5 Å². The second-order valence-electron chi connectivity index (χ2n) is 6.41. The van der Waals surface area contributed by atoms with Gasteiger partial charge in [0, 0.05) is 17.8 Å². The number of rotatable bonds is 8. The number of nitrogens with one attached hydrogen (secondary N) is 2. The lowest BCUT2D eigenvalue weighted by atomic mass is 10.2. The van der Waals surface area contributed by atoms with Crippen molar-refractivity contribution in [2.75, 3.05) is 24.4 Å². The Morgan fingerprint density at radius 2 is 1.72 bits per heavy atom. The summed E-state index contributed by atoms with van der Waals surface area (Å²) in [7, 11) is 1.42. The van der Waals surface area contributed by atoms with E-state index in [1.165, 1.54) is 31.4 Å². The Balaban J connectivity index is 1.65. The van der Waals surface area contributed by atoms with Crippen molar-refractivity contribution in [3.63, 3.8) is 0 Å². The number of ether oxygens (including phenoxy) is 2. The first-order valence-electron chi connectivity index (χ1n) is 9.29. The Labute approximate surface area is 188 Å². The Hall–Kier alpha value is -4.11. The molecule has 2 amide bonds. The lowest BCUT2D eigenvalue weighted by Crippen LogP contribution is -2.20. The van der Waals surface area contributed by atoms with Crippen LogP contribution in [-0.2, 0) is 4.79 Å². The molecule has 32 heavy (non-hydrogen) atoms. The molecule has 0 spiro atoms. The quantitative estimate of drug-likeness (QED) is 0.380. The van der Waals surface area contributed by atoms with Crippen molar-refractivity contribution in [2.45, 2.75) is 0 Å². The number of carbonyl (C=O) groups excluding carboxylic acids is 2. The normalized spacial score (nSPS) is 10.2. The highest BCUT2D eigenvalue weighted by Gasteiger charge is 2.16. The summed E-state index contributed by atoms with van der Waals surface area (Å²) in [5, 5.41) is 16.7. The van der Waals surface area contributed by atoms with Crippen LogP contribution in [0.1, 0.15) is 10.4 Å². The summed E-state index contributed by atoms with van der Waals surface area (Å²) >= 11 is 6.05. The van der Waals surface area contributed by atoms with Crippen molar-refractivity contribution < 1.29 is 24.0 Å². The molecule has 3 rings (SSSR count). The third-order valence-corrected chi connectivity index (χ3v) is 4.60. The monoisotopic (exact) mass is 455 g/mol. The zero-order valence-corrected chi connectivity index (χ0v) is 17.6. The van der Waals surface area contributed by atoms with Crippen LogP contribution in [0.4, 0.5) is 17.1 Å². The van der Waals surface area contributed by atoms with Crippen molar-refractivity contribution >= 4 is 40.5 Å². The van der Waals surface area contributed by atoms with Crippen molar-refractivity contribution in [3.05, 3.63) is 87.4 Å². The smallest absolute Gasteiger partial charge is 0.310 e. The van der Waals surface area contributed by atoms with Crippen molar-refractivity contribution in [2.24, 2.45) is 0 Å². The van der Waals surface area contributed by atoms with Gasteiger partial charge in [0.2, 0.25) is 0 Å². The van der Waals surface area contributed by atoms with Crippen LogP contribution in [0.25, 0.3) is 0 Å². The number of nitro benzene ring substituents is 1. The van der Waals surface area contributed by atoms with Gasteiger partial charge in [0.15, 0.2) is 12.4 Å². The molecular weight excluding hydrogens is 438 g/mol. The topological polar surface area (TPSA) is 120 Å². The molecule has 0 unspecified atom stereocenters. The zero-order valence-electron chi connectivity index (χ0n) is 16.8. The van der Waals surface area contributed by atoms with Gasteiger partial charge in [-0.25, -0.2) is 0 Å². The van der Waals surface area contributed by atoms with Crippen molar-refractivity contribution in [3.8, 4) is 11.5 Å². The maximum absolute atomic E-state index is 12.5. The second kappa shape index (κ2) is 10.3. The number of benzene rings is 3. The SMILES string of the molecule is COc1cc(NC(=O)COc2ccccc2[N+](=O)[O-])ccc1NC(=O)c1ccccc1Cl. The van der Waals surface area contributed by atoms with E-state index in [1.54, 1.807) is 42.5 Å². The molecule has 0 aliphatic rings. The van der Waals surface area contributed by atoms with Crippen LogP contribution in [0, 0.1) is 10.1 Å². The minimum absolute atomic E-state index is 0.0112. The van der Waals surface area contributed by atoms with E-state index in [1.807, 2.05) is 0 Å². The van der Waals surface area contributed by atoms with Gasteiger partial charge in [0.25, 0.3) is 11.8 Å². The first kappa shape index (κ1) is 22.6. The summed E-state index contributed by atoms with van der Waals surface area (Å²) in [6.07, 6.45) is 0. The molecule has 0 aliphatic heterocycles. The molecule has 2 N–H and O–H groups in total. The third-order valence-electron chi connectivity index (χ3n) is 4.27. The van der Waals surface area contributed by atoms with E-state index in [2.05, 4.69) is 10.6 Å². The molecule has 0 radical (unpaired) electrons. The predicted molar refractivity (Wildman–Crippen MR) is 120 cm³/mol. The zero-order chi connectivity index (χ0) is 23.1. The van der Waals surface area contributed by atoms with E-state index >= 15 is 0 Å². The number of hydrogen-bond donors (Lipinski definition) is 2. The van der Waals surface area contributed by atoms with Gasteiger partial charge in [-0.2, -0.15) is 0 Å². The van der Waals surface area contributed by atoms with Crippen molar-refractivity contribution in [1.82, 2.24) is 0 Å². The molecule has 3 aromatic rings. The van der Waals surface area contributed by atoms with Crippen LogP contribution in [0.3, 0.4) is 0 Å². The molecule has 0 atom stereocenters. The Morgan fingerprint density at radius 3 is 2.44 bits per heavy atom. The number of hydrogen-bond acceptors (Lipinski definition) is 6. The molecule has 0 heterocycles. The molecule has 164 valence electrons. The fraction of sp³-hybridized carbons (Fsp3) is 0.0909. The standard InChI is InChI=1S/C22H18ClN3O6/c1-31-20-12-14(10-11-17(20)25-22(28)15-6-2-3-7-16(15)23)24-21(27)13-32-19-9-5-4-8-18(19)26(29)30/h2-12H,13H2,1H3,(H,24,27)(H,25,28). The molecule has 3 aromatic carbocycles. The largest absolute Gasteiger partial charge is 0.494 e. The molecule has 10 heteroatoms. The minimum Gasteiger partial charge on any atom is -0.494 e. The maximum Gasteiger partial charge on any atom is 0.310 e. The van der Waals surface area contributed by atoms with Gasteiger partial charge >= 0.3 is 5.69 Å². The van der Waals surface area contributed by atoms with E-state index < -0.39 is 23.3 Å². The predicted octanol–water partition coefficient (Wildman–Crippen LogP) is 4.53. The number of nitro groups is 1. The van der Waals surface area contributed by atoms with Gasteiger partial charge in [0.05, 0.1) is 28.3 Å². The van der Waals surface area contributed by atoms with Crippen LogP contribution in [0.2, 0.25) is 5.02 Å². The van der Waals surface area contributed by atoms with E-state index in [4.69, 9.17) is 21.1 Å². The van der Waals surface area contributed by atoms with E-state index in [0.29, 0.717) is 27.7 Å². The van der Waals surface area contributed by atoms with Crippen LogP contribution < -0.4 is 20.1 Å². The molecular formula is C22H18ClN3O6. The lowest BCUT2D eigenvalue weighted by molar-refractivity contribution is -0.385. The van der Waals surface area contributed by atoms with Crippen LogP contribution >= 0.6 is 11.6 Å². The Bertz CT molecular complexity index is 1170. The summed E-state index contributed by atoms with van der Waals surface area (Å²) < 4.78 is 10.6. The van der Waals surface area contributed by atoms with Gasteiger partial charge in [-0.05, 0) is 30.3 Å². The average Bonchev–Trinajstić information content (AvgIpc) is 2.79. The molecule has 0 saturated heterocycles. The molecule has 0 aromatic heterocycles. The number of halogens is 1. The highest BCUT2D eigenvalue weighted by Crippen LogP contribution is 2.29. The van der Waals surface area contributed by atoms with Crippen molar-refractivity contribution in [1.29, 1.82) is 0 Å². The highest BCUT2D eigenvalue weighted by atomic mass is 35.5. The summed E-state index contributed by atoms with van der Waals surface area (Å²) in [5.41, 5.74) is 0.835. The summed E-state index contributed by atoms with van der Waals surface area (Å²) in [6, 6.07) is 17.0. The van der Waals surface area contributed by atoms with Gasteiger partial charge in [0.1, 0.15) is 5.75 Å². The molecule has 0 aliphatic carbocycles. The Kier molecular flexibility index (Phi) is 7.25. The number of nitrogens with zero attached hydrogens (tertiary/aromatic N) is 1. The Morgan fingerprint density at radius 1 is 1.00 bits per heavy atom.